The van der Waals surface area contributed by atoms with Gasteiger partial charge < -0.3 is 4.90 Å². The predicted molar refractivity (Wildman–Crippen MR) is 86.8 cm³/mol. The molecule has 5 heteroatoms. The number of thiazole rings is 1. The zero-order chi connectivity index (χ0) is 15.0. The number of carbonyl (C=O) groups is 1. The van der Waals surface area contributed by atoms with Gasteiger partial charge in [-0.05, 0) is 24.6 Å². The van der Waals surface area contributed by atoms with E-state index in [1.54, 1.807) is 17.5 Å². The van der Waals surface area contributed by atoms with Gasteiger partial charge in [-0.3, -0.25) is 9.20 Å². The van der Waals surface area contributed by atoms with E-state index in [2.05, 4.69) is 34.1 Å². The summed E-state index contributed by atoms with van der Waals surface area (Å²) < 4.78 is 1.93. The summed E-state index contributed by atoms with van der Waals surface area (Å²) >= 11 is 1.65. The number of rotatable bonds is 4. The van der Waals surface area contributed by atoms with Gasteiger partial charge in [0.15, 0.2) is 11.2 Å². The third-order valence-electron chi connectivity index (χ3n) is 3.65. The van der Waals surface area contributed by atoms with Crippen LogP contribution in [0.5, 0.6) is 0 Å². The van der Waals surface area contributed by atoms with Crippen molar-refractivity contribution in [3.05, 3.63) is 52.3 Å². The molecule has 0 spiro atoms. The maximum atomic E-state index is 11.0. The number of imidazole rings is 1. The molecule has 0 atom stereocenters. The number of benzene rings is 1. The lowest BCUT2D eigenvalue weighted by Crippen LogP contribution is -2.08. The number of carbonyl (C=O) groups excluding carboxylic acids is 1. The molecule has 0 aliphatic rings. The van der Waals surface area contributed by atoms with Crippen LogP contribution in [-0.4, -0.2) is 29.8 Å². The lowest BCUT2D eigenvalue weighted by molar-refractivity contribution is 0.111. The van der Waals surface area contributed by atoms with Crippen molar-refractivity contribution in [2.75, 3.05) is 19.0 Å². The minimum atomic E-state index is 0.618. The average molecular weight is 299 g/mol. The van der Waals surface area contributed by atoms with Crippen LogP contribution in [0.1, 0.15) is 26.6 Å². The molecule has 0 aliphatic carbocycles. The van der Waals surface area contributed by atoms with Crippen LogP contribution in [0.15, 0.2) is 30.5 Å². The van der Waals surface area contributed by atoms with E-state index in [0.29, 0.717) is 5.69 Å². The lowest BCUT2D eigenvalue weighted by Gasteiger charge is -2.12. The Bertz CT molecular complexity index is 784. The van der Waals surface area contributed by atoms with Crippen LogP contribution in [0.3, 0.4) is 0 Å². The summed E-state index contributed by atoms with van der Waals surface area (Å²) in [6.07, 6.45) is 3.35. The summed E-state index contributed by atoms with van der Waals surface area (Å²) in [4.78, 5) is 19.6. The highest BCUT2D eigenvalue weighted by molar-refractivity contribution is 7.17. The molecule has 0 unspecified atom stereocenters. The van der Waals surface area contributed by atoms with Crippen LogP contribution in [0.4, 0.5) is 5.69 Å². The zero-order valence-electron chi connectivity index (χ0n) is 12.3. The van der Waals surface area contributed by atoms with E-state index in [0.717, 1.165) is 23.4 Å². The van der Waals surface area contributed by atoms with Gasteiger partial charge in [0, 0.05) is 36.8 Å². The minimum Gasteiger partial charge on any atom is -0.378 e. The molecule has 0 saturated carbocycles. The van der Waals surface area contributed by atoms with Crippen molar-refractivity contribution < 1.29 is 4.79 Å². The highest BCUT2D eigenvalue weighted by Crippen LogP contribution is 2.26. The van der Waals surface area contributed by atoms with Crippen molar-refractivity contribution in [3.63, 3.8) is 0 Å². The molecule has 2 heterocycles. The fourth-order valence-corrected chi connectivity index (χ4v) is 3.55. The van der Waals surface area contributed by atoms with Gasteiger partial charge in [-0.25, -0.2) is 4.98 Å². The van der Waals surface area contributed by atoms with Crippen LogP contribution in [0.25, 0.3) is 4.96 Å². The first kappa shape index (κ1) is 13.8. The first-order valence-corrected chi connectivity index (χ1v) is 7.59. The van der Waals surface area contributed by atoms with Crippen molar-refractivity contribution in [1.82, 2.24) is 9.38 Å². The molecule has 3 aromatic rings. The fourth-order valence-electron chi connectivity index (χ4n) is 2.41. The number of aldehydes is 1. The van der Waals surface area contributed by atoms with Gasteiger partial charge in [-0.2, -0.15) is 0 Å². The highest BCUT2D eigenvalue weighted by Gasteiger charge is 2.13. The highest BCUT2D eigenvalue weighted by atomic mass is 32.1. The third kappa shape index (κ3) is 2.45. The van der Waals surface area contributed by atoms with Crippen molar-refractivity contribution in [2.24, 2.45) is 0 Å². The summed E-state index contributed by atoms with van der Waals surface area (Å²) in [7, 11) is 4.07. The Morgan fingerprint density at radius 2 is 2.00 bits per heavy atom. The molecule has 3 rings (SSSR count). The second kappa shape index (κ2) is 5.33. The summed E-state index contributed by atoms with van der Waals surface area (Å²) in [6.45, 7) is 2.04. The van der Waals surface area contributed by atoms with Gasteiger partial charge >= 0.3 is 0 Å². The Labute approximate surface area is 127 Å². The summed E-state index contributed by atoms with van der Waals surface area (Å²) in [5.41, 5.74) is 4.18. The molecule has 0 N–H and O–H groups in total. The topological polar surface area (TPSA) is 37.6 Å². The molecule has 1 aromatic carbocycles. The molecule has 0 bridgehead atoms. The molecule has 0 saturated heterocycles. The van der Waals surface area contributed by atoms with E-state index in [9.17, 15) is 4.79 Å². The monoisotopic (exact) mass is 299 g/mol. The summed E-state index contributed by atoms with van der Waals surface area (Å²) in [6, 6.07) is 8.55. The summed E-state index contributed by atoms with van der Waals surface area (Å²) in [5.74, 6) is 0. The molecule has 0 aliphatic heterocycles. The Balaban J connectivity index is 1.92. The van der Waals surface area contributed by atoms with Gasteiger partial charge in [0.2, 0.25) is 0 Å². The molecule has 2 aromatic heterocycles. The first-order chi connectivity index (χ1) is 10.1. The SMILES string of the molecule is Cc1c(Cc2ccc(N(C)C)cc2)sc2ncc(C=O)n12. The van der Waals surface area contributed by atoms with Gasteiger partial charge in [-0.15, -0.1) is 11.3 Å². The van der Waals surface area contributed by atoms with Gasteiger partial charge in [-0.1, -0.05) is 12.1 Å². The Hall–Kier alpha value is -2.14. The second-order valence-corrected chi connectivity index (χ2v) is 6.33. The van der Waals surface area contributed by atoms with Crippen LogP contribution in [0.2, 0.25) is 0 Å². The Morgan fingerprint density at radius 3 is 2.62 bits per heavy atom. The van der Waals surface area contributed by atoms with E-state index < -0.39 is 0 Å². The van der Waals surface area contributed by atoms with Crippen LogP contribution in [-0.2, 0) is 6.42 Å². The number of nitrogens with zero attached hydrogens (tertiary/aromatic N) is 3. The normalized spacial score (nSPS) is 11.0. The van der Waals surface area contributed by atoms with Crippen molar-refractivity contribution in [1.29, 1.82) is 0 Å². The smallest absolute Gasteiger partial charge is 0.194 e. The average Bonchev–Trinajstić information content (AvgIpc) is 3.01. The summed E-state index contributed by atoms with van der Waals surface area (Å²) in [5, 5.41) is 0. The molecule has 108 valence electrons. The maximum Gasteiger partial charge on any atom is 0.194 e. The predicted octanol–water partition coefficient (Wildman–Crippen LogP) is 3.17. The second-order valence-electron chi connectivity index (χ2n) is 5.27. The number of anilines is 1. The molecule has 21 heavy (non-hydrogen) atoms. The molecular formula is C16H17N3OS. The number of hydrogen-bond donors (Lipinski definition) is 0. The number of aromatic nitrogens is 2. The first-order valence-electron chi connectivity index (χ1n) is 6.77. The van der Waals surface area contributed by atoms with Crippen molar-refractivity contribution in [3.8, 4) is 0 Å². The Kier molecular flexibility index (Phi) is 3.51. The minimum absolute atomic E-state index is 0.618. The van der Waals surface area contributed by atoms with E-state index >= 15 is 0 Å². The fraction of sp³-hybridized carbons (Fsp3) is 0.250. The molecule has 4 nitrogen and oxygen atoms in total. The molecular weight excluding hydrogens is 282 g/mol. The van der Waals surface area contributed by atoms with Gasteiger partial charge in [0.1, 0.15) is 5.69 Å². The van der Waals surface area contributed by atoms with Crippen LogP contribution < -0.4 is 4.90 Å². The molecule has 0 amide bonds. The van der Waals surface area contributed by atoms with Crippen molar-refractivity contribution >= 4 is 28.3 Å². The number of fused-ring (bicyclic) bond motifs is 1. The van der Waals surface area contributed by atoms with Crippen LogP contribution >= 0.6 is 11.3 Å². The van der Waals surface area contributed by atoms with Gasteiger partial charge in [0.05, 0.1) is 6.20 Å². The van der Waals surface area contributed by atoms with Crippen molar-refractivity contribution in [2.45, 2.75) is 13.3 Å². The molecule has 0 radical (unpaired) electrons. The molecule has 0 fully saturated rings. The van der Waals surface area contributed by atoms with E-state index in [-0.39, 0.29) is 0 Å². The van der Waals surface area contributed by atoms with E-state index in [4.69, 9.17) is 0 Å². The van der Waals surface area contributed by atoms with E-state index in [1.165, 1.54) is 16.1 Å². The van der Waals surface area contributed by atoms with Gasteiger partial charge in [0.25, 0.3) is 0 Å². The largest absolute Gasteiger partial charge is 0.378 e. The van der Waals surface area contributed by atoms with E-state index in [1.807, 2.05) is 25.4 Å². The Morgan fingerprint density at radius 1 is 1.29 bits per heavy atom. The zero-order valence-corrected chi connectivity index (χ0v) is 13.1. The number of aryl methyl sites for hydroxylation is 1. The number of hydrogen-bond acceptors (Lipinski definition) is 4. The standard InChI is InChI=1S/C16H17N3OS/c1-11-15(21-16-17-9-14(10-20)19(11)16)8-12-4-6-13(7-5-12)18(2)3/h4-7,9-10H,8H2,1-3H3. The van der Waals surface area contributed by atoms with Crippen LogP contribution in [0, 0.1) is 6.92 Å². The quantitative estimate of drug-likeness (QED) is 0.694. The third-order valence-corrected chi connectivity index (χ3v) is 4.81. The lowest BCUT2D eigenvalue weighted by atomic mass is 10.1. The maximum absolute atomic E-state index is 11.0.